The lowest BCUT2D eigenvalue weighted by Gasteiger charge is -2.12. The minimum atomic E-state index is -3.98. The van der Waals surface area contributed by atoms with Crippen LogP contribution in [0, 0.1) is 0 Å². The first-order chi connectivity index (χ1) is 11.3. The van der Waals surface area contributed by atoms with Crippen LogP contribution in [0.4, 0.5) is 5.69 Å². The number of aromatic carboxylic acids is 1. The average molecular weight is 349 g/mol. The fourth-order valence-electron chi connectivity index (χ4n) is 1.94. The first-order valence-corrected chi connectivity index (χ1v) is 8.46. The summed E-state index contributed by atoms with van der Waals surface area (Å²) in [6.07, 6.45) is 0. The molecule has 2 aromatic rings. The van der Waals surface area contributed by atoms with Crippen molar-refractivity contribution in [3.05, 3.63) is 59.7 Å². The van der Waals surface area contributed by atoms with Crippen LogP contribution in [0.25, 0.3) is 0 Å². The van der Waals surface area contributed by atoms with Crippen LogP contribution < -0.4 is 4.72 Å². The normalized spacial score (nSPS) is 10.9. The maximum absolute atomic E-state index is 12.4. The molecule has 0 fully saturated rings. The number of carboxylic acid groups (broad SMARTS) is 1. The van der Waals surface area contributed by atoms with Gasteiger partial charge in [-0.1, -0.05) is 12.1 Å². The van der Waals surface area contributed by atoms with Crippen LogP contribution in [0.15, 0.2) is 53.4 Å². The van der Waals surface area contributed by atoms with Crippen LogP contribution in [-0.2, 0) is 14.8 Å². The number of carbonyl (C=O) groups excluding carboxylic acids is 1. The van der Waals surface area contributed by atoms with Gasteiger partial charge in [0, 0.05) is 0 Å². The van der Waals surface area contributed by atoms with Crippen LogP contribution in [0.3, 0.4) is 0 Å². The maximum atomic E-state index is 12.4. The number of para-hydroxylation sites is 1. The van der Waals surface area contributed by atoms with E-state index in [0.29, 0.717) is 0 Å². The molecule has 0 unspecified atom stereocenters. The Labute approximate surface area is 138 Å². The van der Waals surface area contributed by atoms with Crippen molar-refractivity contribution in [2.24, 2.45) is 0 Å². The van der Waals surface area contributed by atoms with Crippen LogP contribution in [0.2, 0.25) is 0 Å². The van der Waals surface area contributed by atoms with Crippen molar-refractivity contribution in [2.75, 3.05) is 11.3 Å². The minimum Gasteiger partial charge on any atom is -0.478 e. The number of ether oxygens (including phenoxy) is 1. The second-order valence-corrected chi connectivity index (χ2v) is 6.38. The van der Waals surface area contributed by atoms with E-state index in [0.717, 1.165) is 0 Å². The monoisotopic (exact) mass is 349 g/mol. The van der Waals surface area contributed by atoms with Gasteiger partial charge in [0.25, 0.3) is 10.0 Å². The number of rotatable bonds is 6. The van der Waals surface area contributed by atoms with E-state index < -0.39 is 22.0 Å². The van der Waals surface area contributed by atoms with E-state index in [1.807, 2.05) is 0 Å². The van der Waals surface area contributed by atoms with E-state index in [2.05, 4.69) is 4.72 Å². The Balaban J connectivity index is 2.33. The highest BCUT2D eigenvalue weighted by Gasteiger charge is 2.19. The molecule has 0 aliphatic heterocycles. The molecule has 0 aromatic heterocycles. The molecular weight excluding hydrogens is 334 g/mol. The summed E-state index contributed by atoms with van der Waals surface area (Å²) in [6.45, 7) is 1.81. The van der Waals surface area contributed by atoms with Gasteiger partial charge in [0.15, 0.2) is 0 Å². The second-order valence-electron chi connectivity index (χ2n) is 4.70. The number of carbonyl (C=O) groups is 2. The SMILES string of the molecule is CCOC(=O)c1ccccc1NS(=O)(=O)c1ccc(C(=O)O)cc1. The quantitative estimate of drug-likeness (QED) is 0.775. The predicted molar refractivity (Wildman–Crippen MR) is 86.6 cm³/mol. The third kappa shape index (κ3) is 3.90. The van der Waals surface area contributed by atoms with Crippen LogP contribution >= 0.6 is 0 Å². The first kappa shape index (κ1) is 17.5. The molecule has 0 atom stereocenters. The smallest absolute Gasteiger partial charge is 0.340 e. The van der Waals surface area contributed by atoms with Crippen LogP contribution in [0.5, 0.6) is 0 Å². The molecule has 126 valence electrons. The highest BCUT2D eigenvalue weighted by atomic mass is 32.2. The molecule has 0 aliphatic carbocycles. The topological polar surface area (TPSA) is 110 Å². The van der Waals surface area contributed by atoms with Gasteiger partial charge in [0.05, 0.1) is 28.3 Å². The van der Waals surface area contributed by atoms with Gasteiger partial charge in [0.2, 0.25) is 0 Å². The number of benzene rings is 2. The van der Waals surface area contributed by atoms with Gasteiger partial charge in [-0.15, -0.1) is 0 Å². The number of hydrogen-bond acceptors (Lipinski definition) is 5. The summed E-state index contributed by atoms with van der Waals surface area (Å²) in [6, 6.07) is 10.8. The molecule has 0 aliphatic rings. The number of carboxylic acids is 1. The average Bonchev–Trinajstić information content (AvgIpc) is 2.55. The summed E-state index contributed by atoms with van der Waals surface area (Å²) < 4.78 is 32.0. The molecule has 0 radical (unpaired) electrons. The molecule has 24 heavy (non-hydrogen) atoms. The number of esters is 1. The molecule has 0 bridgehead atoms. The van der Waals surface area contributed by atoms with Crippen molar-refractivity contribution >= 4 is 27.6 Å². The number of hydrogen-bond donors (Lipinski definition) is 2. The molecule has 0 saturated heterocycles. The highest BCUT2D eigenvalue weighted by Crippen LogP contribution is 2.21. The fourth-order valence-corrected chi connectivity index (χ4v) is 3.02. The summed E-state index contributed by atoms with van der Waals surface area (Å²) in [4.78, 5) is 22.6. The molecule has 7 nitrogen and oxygen atoms in total. The Hall–Kier alpha value is -2.87. The third-order valence-corrected chi connectivity index (χ3v) is 4.46. The molecule has 2 N–H and O–H groups in total. The number of anilines is 1. The number of nitrogens with one attached hydrogen (secondary N) is 1. The van der Waals surface area contributed by atoms with Crippen molar-refractivity contribution < 1.29 is 27.9 Å². The Morgan fingerprint density at radius 2 is 1.71 bits per heavy atom. The number of sulfonamides is 1. The zero-order valence-corrected chi connectivity index (χ0v) is 13.5. The molecular formula is C16H15NO6S. The molecule has 8 heteroatoms. The zero-order chi connectivity index (χ0) is 17.7. The van der Waals surface area contributed by atoms with E-state index >= 15 is 0 Å². The molecule has 0 saturated carbocycles. The predicted octanol–water partition coefficient (Wildman–Crippen LogP) is 2.36. The van der Waals surface area contributed by atoms with E-state index in [1.54, 1.807) is 19.1 Å². The third-order valence-electron chi connectivity index (χ3n) is 3.08. The summed E-state index contributed by atoms with van der Waals surface area (Å²) in [5, 5.41) is 8.85. The van der Waals surface area contributed by atoms with Gasteiger partial charge >= 0.3 is 11.9 Å². The van der Waals surface area contributed by atoms with Crippen LogP contribution in [0.1, 0.15) is 27.6 Å². The lowest BCUT2D eigenvalue weighted by molar-refractivity contribution is 0.0527. The molecule has 0 spiro atoms. The summed E-state index contributed by atoms with van der Waals surface area (Å²) in [5.41, 5.74) is 0.143. The highest BCUT2D eigenvalue weighted by molar-refractivity contribution is 7.92. The lowest BCUT2D eigenvalue weighted by atomic mass is 10.2. The van der Waals surface area contributed by atoms with Gasteiger partial charge in [-0.05, 0) is 43.3 Å². The van der Waals surface area contributed by atoms with E-state index in [1.165, 1.54) is 36.4 Å². The van der Waals surface area contributed by atoms with Crippen molar-refractivity contribution in [1.82, 2.24) is 0 Å². The lowest BCUT2D eigenvalue weighted by Crippen LogP contribution is -2.16. The molecule has 2 aromatic carbocycles. The maximum Gasteiger partial charge on any atom is 0.340 e. The van der Waals surface area contributed by atoms with Crippen LogP contribution in [-0.4, -0.2) is 32.1 Å². The standard InChI is InChI=1S/C16H15NO6S/c1-2-23-16(20)13-5-3-4-6-14(13)17-24(21,22)12-9-7-11(8-10-12)15(18)19/h3-10,17H,2H2,1H3,(H,18,19). The van der Waals surface area contributed by atoms with Gasteiger partial charge < -0.3 is 9.84 Å². The molecule has 0 amide bonds. The Morgan fingerprint density at radius 1 is 1.08 bits per heavy atom. The second kappa shape index (κ2) is 7.14. The first-order valence-electron chi connectivity index (χ1n) is 6.97. The van der Waals surface area contributed by atoms with Gasteiger partial charge in [-0.2, -0.15) is 0 Å². The summed E-state index contributed by atoms with van der Waals surface area (Å²) >= 11 is 0. The van der Waals surface area contributed by atoms with Crippen molar-refractivity contribution in [3.63, 3.8) is 0 Å². The minimum absolute atomic E-state index is 0.0270. The van der Waals surface area contributed by atoms with E-state index in [-0.39, 0.29) is 28.3 Å². The van der Waals surface area contributed by atoms with Crippen molar-refractivity contribution in [1.29, 1.82) is 0 Å². The molecule has 0 heterocycles. The Bertz CT molecular complexity index is 858. The van der Waals surface area contributed by atoms with Crippen molar-refractivity contribution in [2.45, 2.75) is 11.8 Å². The van der Waals surface area contributed by atoms with Gasteiger partial charge in [-0.3, -0.25) is 4.72 Å². The van der Waals surface area contributed by atoms with Gasteiger partial charge in [-0.25, -0.2) is 18.0 Å². The van der Waals surface area contributed by atoms with E-state index in [9.17, 15) is 18.0 Å². The van der Waals surface area contributed by atoms with E-state index in [4.69, 9.17) is 9.84 Å². The zero-order valence-electron chi connectivity index (χ0n) is 12.7. The fraction of sp³-hybridized carbons (Fsp3) is 0.125. The van der Waals surface area contributed by atoms with Crippen molar-refractivity contribution in [3.8, 4) is 0 Å². The summed E-state index contributed by atoms with van der Waals surface area (Å²) in [5.74, 6) is -1.79. The Kier molecular flexibility index (Phi) is 5.20. The summed E-state index contributed by atoms with van der Waals surface area (Å²) in [7, 11) is -3.98. The van der Waals surface area contributed by atoms with Gasteiger partial charge in [0.1, 0.15) is 0 Å². The largest absolute Gasteiger partial charge is 0.478 e. The Morgan fingerprint density at radius 3 is 2.29 bits per heavy atom. The molecule has 2 rings (SSSR count).